The minimum atomic E-state index is -4.37. The molecule has 1 fully saturated rings. The van der Waals surface area contributed by atoms with Crippen LogP contribution in [0.5, 0.6) is 11.5 Å². The fraction of sp³-hybridized carbons (Fsp3) is 0.375. The normalized spacial score (nSPS) is 14.8. The van der Waals surface area contributed by atoms with Crippen LogP contribution in [0.1, 0.15) is 19.3 Å². The average Bonchev–Trinajstić information content (AvgIpc) is 2.93. The summed E-state index contributed by atoms with van der Waals surface area (Å²) in [5.41, 5.74) is 1.43. The number of carbonyl (C=O) groups excluding carboxylic acids is 1. The third-order valence-electron chi connectivity index (χ3n) is 5.65. The quantitative estimate of drug-likeness (QED) is 0.0793. The lowest BCUT2D eigenvalue weighted by Gasteiger charge is -2.29. The number of ether oxygens (including phenoxy) is 2. The van der Waals surface area contributed by atoms with Gasteiger partial charge in [0.05, 0.1) is 18.1 Å². The number of nitrogens with one attached hydrogen (secondary N) is 3. The van der Waals surface area contributed by atoms with Gasteiger partial charge in [0.25, 0.3) is 5.91 Å². The molecule has 12 nitrogen and oxygen atoms in total. The molecule has 4 N–H and O–H groups in total. The fourth-order valence-electron chi connectivity index (χ4n) is 3.66. The molecule has 1 aliphatic heterocycles. The molecule has 2 aromatic rings. The third kappa shape index (κ3) is 8.86. The van der Waals surface area contributed by atoms with E-state index < -0.39 is 38.5 Å². The lowest BCUT2D eigenvalue weighted by molar-refractivity contribution is -0.131. The Morgan fingerprint density at radius 2 is 1.90 bits per heavy atom. The monoisotopic (exact) mass is 566 g/mol. The molecule has 2 aromatic carbocycles. The lowest BCUT2D eigenvalue weighted by Crippen LogP contribution is -2.47. The molecule has 0 aliphatic carbocycles. The van der Waals surface area contributed by atoms with Crippen molar-refractivity contribution in [3.8, 4) is 17.7 Å². The van der Waals surface area contributed by atoms with E-state index in [1.807, 2.05) is 4.90 Å². The molecule has 0 saturated carbocycles. The molecule has 0 spiro atoms. The number of aliphatic imine (C=N–C) groups is 1. The number of hydrogen-bond acceptors (Lipinski definition) is 8. The summed E-state index contributed by atoms with van der Waals surface area (Å²) in [6.45, 7) is 2.57. The highest BCUT2D eigenvalue weighted by atomic mass is 32.2. The summed E-state index contributed by atoms with van der Waals surface area (Å²) in [6, 6.07) is 6.38. The second-order valence-corrected chi connectivity index (χ2v) is 10.1. The maximum atomic E-state index is 14.6. The number of amides is 1. The van der Waals surface area contributed by atoms with Crippen molar-refractivity contribution >= 4 is 21.9 Å². The highest BCUT2D eigenvalue weighted by Crippen LogP contribution is 2.27. The first kappa shape index (κ1) is 29.7. The van der Waals surface area contributed by atoms with Gasteiger partial charge in [-0.3, -0.25) is 10.0 Å². The van der Waals surface area contributed by atoms with Crippen molar-refractivity contribution in [2.45, 2.75) is 30.2 Å². The highest BCUT2D eigenvalue weighted by Gasteiger charge is 2.26. The maximum Gasteiger partial charge on any atom is 0.261 e. The van der Waals surface area contributed by atoms with Crippen molar-refractivity contribution in [1.29, 1.82) is 5.26 Å². The third-order valence-corrected chi connectivity index (χ3v) is 7.12. The van der Waals surface area contributed by atoms with E-state index in [-0.39, 0.29) is 17.9 Å². The molecule has 15 heteroatoms. The molecule has 39 heavy (non-hydrogen) atoms. The van der Waals surface area contributed by atoms with E-state index in [0.29, 0.717) is 51.6 Å². The Hall–Kier alpha value is -3.84. The second-order valence-electron chi connectivity index (χ2n) is 8.36. The van der Waals surface area contributed by atoms with Gasteiger partial charge in [-0.25, -0.2) is 22.7 Å². The second kappa shape index (κ2) is 14.4. The van der Waals surface area contributed by atoms with Gasteiger partial charge in [0.2, 0.25) is 22.2 Å². The molecule has 1 atom stereocenters. The van der Waals surface area contributed by atoms with E-state index in [2.05, 4.69) is 15.0 Å². The molecular formula is C24H28F2N6O6S. The smallest absolute Gasteiger partial charge is 0.261 e. The maximum absolute atomic E-state index is 14.6. The van der Waals surface area contributed by atoms with E-state index in [9.17, 15) is 22.0 Å². The molecule has 1 amide bonds. The van der Waals surface area contributed by atoms with Gasteiger partial charge in [0.1, 0.15) is 17.6 Å². The summed E-state index contributed by atoms with van der Waals surface area (Å²) in [5.74, 6) is -2.21. The zero-order valence-corrected chi connectivity index (χ0v) is 21.6. The predicted molar refractivity (Wildman–Crippen MR) is 134 cm³/mol. The number of unbranched alkanes of at least 4 members (excludes halogenated alkanes) is 1. The van der Waals surface area contributed by atoms with Gasteiger partial charge >= 0.3 is 0 Å². The molecular weight excluding hydrogens is 538 g/mol. The number of hydrogen-bond donors (Lipinski definition) is 4. The number of benzene rings is 2. The predicted octanol–water partition coefficient (Wildman–Crippen LogP) is 1.84. The standard InChI is InChI=1S/C24H28F2N6O6S/c25-17-4-6-18(7-5-17)38-22-9-8-19(15-20(22)26)39(35,36)31-21(23(33)30-34)3-1-2-10-28-24(29-16-27)32-11-13-37-14-12-32/h4-9,15,21,31,34H,1-3,10-14H2,(H,28,29)(H,30,33)/t21-/m1/s1. The first-order valence-corrected chi connectivity index (χ1v) is 13.4. The molecule has 1 saturated heterocycles. The summed E-state index contributed by atoms with van der Waals surface area (Å²) >= 11 is 0. The van der Waals surface area contributed by atoms with Gasteiger partial charge in [-0.05, 0) is 61.7 Å². The van der Waals surface area contributed by atoms with Gasteiger partial charge in [0.15, 0.2) is 11.6 Å². The Morgan fingerprint density at radius 1 is 1.18 bits per heavy atom. The van der Waals surface area contributed by atoms with E-state index in [0.717, 1.165) is 30.3 Å². The minimum Gasteiger partial charge on any atom is -0.454 e. The fourth-order valence-corrected chi connectivity index (χ4v) is 4.90. The number of sulfonamides is 1. The summed E-state index contributed by atoms with van der Waals surface area (Å²) < 4.78 is 66.1. The number of halogens is 2. The Kier molecular flexibility index (Phi) is 10.9. The van der Waals surface area contributed by atoms with Crippen molar-refractivity contribution in [2.24, 2.45) is 4.99 Å². The van der Waals surface area contributed by atoms with Crippen molar-refractivity contribution < 1.29 is 36.7 Å². The zero-order valence-electron chi connectivity index (χ0n) is 20.8. The first-order chi connectivity index (χ1) is 18.7. The van der Waals surface area contributed by atoms with E-state index in [4.69, 9.17) is 19.9 Å². The molecule has 0 aromatic heterocycles. The average molecular weight is 567 g/mol. The topological polar surface area (TPSA) is 165 Å². The number of nitrogens with zero attached hydrogens (tertiary/aromatic N) is 3. The lowest BCUT2D eigenvalue weighted by atomic mass is 10.1. The molecule has 0 bridgehead atoms. The van der Waals surface area contributed by atoms with Crippen LogP contribution >= 0.6 is 0 Å². The van der Waals surface area contributed by atoms with E-state index >= 15 is 0 Å². The Morgan fingerprint density at radius 3 is 2.54 bits per heavy atom. The Labute approximate surface area is 224 Å². The number of carbonyl (C=O) groups is 1. The van der Waals surface area contributed by atoms with Crippen LogP contribution in [0, 0.1) is 23.1 Å². The summed E-state index contributed by atoms with van der Waals surface area (Å²) in [7, 11) is -4.37. The number of guanidine groups is 1. The SMILES string of the molecule is N#C/N=C(/NCCCC[C@@H](NS(=O)(=O)c1ccc(Oc2ccc(F)cc2)c(F)c1)C(=O)NO)N1CCOCC1. The summed E-state index contributed by atoms with van der Waals surface area (Å²) in [6.07, 6.45) is 2.60. The molecule has 1 aliphatic rings. The molecule has 210 valence electrons. The number of rotatable bonds is 11. The van der Waals surface area contributed by atoms with E-state index in [1.165, 1.54) is 17.6 Å². The van der Waals surface area contributed by atoms with Gasteiger partial charge in [-0.1, -0.05) is 0 Å². The van der Waals surface area contributed by atoms with E-state index in [1.54, 1.807) is 6.19 Å². The number of nitriles is 1. The molecule has 0 radical (unpaired) electrons. The van der Waals surface area contributed by atoms with Crippen LogP contribution in [0.3, 0.4) is 0 Å². The largest absolute Gasteiger partial charge is 0.454 e. The van der Waals surface area contributed by atoms with Crippen LogP contribution in [0.4, 0.5) is 8.78 Å². The van der Waals surface area contributed by atoms with Crippen LogP contribution in [0.2, 0.25) is 0 Å². The zero-order chi connectivity index (χ0) is 28.3. The Balaban J connectivity index is 1.57. The molecule has 3 rings (SSSR count). The minimum absolute atomic E-state index is 0.0177. The summed E-state index contributed by atoms with van der Waals surface area (Å²) in [4.78, 5) is 17.3. The van der Waals surface area contributed by atoms with Gasteiger partial charge in [0, 0.05) is 19.6 Å². The van der Waals surface area contributed by atoms with Gasteiger partial charge in [-0.15, -0.1) is 4.99 Å². The first-order valence-electron chi connectivity index (χ1n) is 12.0. The van der Waals surface area contributed by atoms with Crippen molar-refractivity contribution in [2.75, 3.05) is 32.8 Å². The van der Waals surface area contributed by atoms with Crippen LogP contribution in [0.25, 0.3) is 0 Å². The van der Waals surface area contributed by atoms with Crippen LogP contribution in [-0.4, -0.2) is 69.3 Å². The number of hydroxylamine groups is 1. The number of morpholine rings is 1. The van der Waals surface area contributed by atoms with Gasteiger partial charge in [-0.2, -0.15) is 9.98 Å². The molecule has 0 unspecified atom stereocenters. The van der Waals surface area contributed by atoms with Crippen molar-refractivity contribution in [3.05, 3.63) is 54.1 Å². The van der Waals surface area contributed by atoms with Crippen LogP contribution in [0.15, 0.2) is 52.4 Å². The van der Waals surface area contributed by atoms with Crippen LogP contribution < -0.4 is 20.3 Å². The summed E-state index contributed by atoms with van der Waals surface area (Å²) in [5, 5.41) is 21.1. The van der Waals surface area contributed by atoms with Crippen molar-refractivity contribution in [3.63, 3.8) is 0 Å². The Bertz CT molecular complexity index is 1300. The van der Waals surface area contributed by atoms with Crippen molar-refractivity contribution in [1.82, 2.24) is 20.4 Å². The van der Waals surface area contributed by atoms with Gasteiger partial charge < -0.3 is 19.7 Å². The molecule has 1 heterocycles. The highest BCUT2D eigenvalue weighted by molar-refractivity contribution is 7.89. The van der Waals surface area contributed by atoms with Crippen LogP contribution in [-0.2, 0) is 19.6 Å².